The first-order chi connectivity index (χ1) is 13.3. The molecule has 28 heavy (non-hydrogen) atoms. The van der Waals surface area contributed by atoms with Crippen molar-refractivity contribution in [3.05, 3.63) is 35.8 Å². The second-order valence-electron chi connectivity index (χ2n) is 8.15. The lowest BCUT2D eigenvalue weighted by atomic mass is 9.94. The summed E-state index contributed by atoms with van der Waals surface area (Å²) in [5.41, 5.74) is 1.90. The van der Waals surface area contributed by atoms with Gasteiger partial charge in [0, 0.05) is 31.1 Å². The van der Waals surface area contributed by atoms with Crippen LogP contribution >= 0.6 is 0 Å². The molecule has 2 atom stereocenters. The Hall–Kier alpha value is -2.54. The number of hydrogen-bond acceptors (Lipinski definition) is 7. The summed E-state index contributed by atoms with van der Waals surface area (Å²) in [6.07, 6.45) is 6.30. The van der Waals surface area contributed by atoms with Crippen molar-refractivity contribution in [2.24, 2.45) is 10.9 Å². The van der Waals surface area contributed by atoms with Crippen LogP contribution in [0.15, 0.2) is 29.5 Å². The Morgan fingerprint density at radius 3 is 2.64 bits per heavy atom. The van der Waals surface area contributed by atoms with Crippen LogP contribution in [0.2, 0.25) is 0 Å². The normalized spacial score (nSPS) is 16.9. The molecule has 7 heteroatoms. The zero-order valence-corrected chi connectivity index (χ0v) is 17.3. The van der Waals surface area contributed by atoms with Crippen LogP contribution in [0.4, 0.5) is 17.5 Å². The lowest BCUT2D eigenvalue weighted by Gasteiger charge is -2.29. The zero-order chi connectivity index (χ0) is 20.3. The summed E-state index contributed by atoms with van der Waals surface area (Å²) in [7, 11) is 0. The number of aromatic nitrogens is 3. The topological polar surface area (TPSA) is 95.3 Å². The van der Waals surface area contributed by atoms with E-state index in [9.17, 15) is 5.11 Å². The molecule has 2 aromatic rings. The van der Waals surface area contributed by atoms with Gasteiger partial charge in [0.05, 0.1) is 17.3 Å². The molecule has 3 N–H and O–H groups in total. The summed E-state index contributed by atoms with van der Waals surface area (Å²) in [5, 5.41) is 17.1. The third-order valence-electron chi connectivity index (χ3n) is 5.06. The molecule has 7 nitrogen and oxygen atoms in total. The van der Waals surface area contributed by atoms with Gasteiger partial charge in [-0.05, 0) is 37.8 Å². The van der Waals surface area contributed by atoms with E-state index in [1.165, 1.54) is 0 Å². The largest absolute Gasteiger partial charge is 0.388 e. The second kappa shape index (κ2) is 8.22. The minimum atomic E-state index is -0.881. The maximum atomic E-state index is 10.4. The van der Waals surface area contributed by atoms with Gasteiger partial charge in [-0.1, -0.05) is 26.8 Å². The predicted octanol–water partition coefficient (Wildman–Crippen LogP) is 3.90. The van der Waals surface area contributed by atoms with Crippen molar-refractivity contribution in [2.75, 3.05) is 10.6 Å². The van der Waals surface area contributed by atoms with E-state index in [4.69, 9.17) is 4.98 Å². The standard InChI is InChI=1S/C21H30N6O/c1-6-16(21(4,5)28)25-20-26-17-15(13(2)3)12-23-18(17)19(27-20)24-11-14-8-7-9-22-10-14/h7-10,12-13,15-16,28H,6,11H2,1-5H3,(H2,24,25,26,27)/t15?,16-/m0/s1. The Bertz CT molecular complexity index is 829. The highest BCUT2D eigenvalue weighted by atomic mass is 16.3. The van der Waals surface area contributed by atoms with Gasteiger partial charge in [-0.25, -0.2) is 4.98 Å². The van der Waals surface area contributed by atoms with Gasteiger partial charge in [0.1, 0.15) is 5.69 Å². The van der Waals surface area contributed by atoms with Gasteiger partial charge >= 0.3 is 0 Å². The molecule has 2 aromatic heterocycles. The Kier molecular flexibility index (Phi) is 5.93. The summed E-state index contributed by atoms with van der Waals surface area (Å²) in [4.78, 5) is 18.2. The van der Waals surface area contributed by atoms with Crippen LogP contribution in [-0.4, -0.2) is 37.9 Å². The molecule has 0 spiro atoms. The number of nitrogens with one attached hydrogen (secondary N) is 2. The van der Waals surface area contributed by atoms with E-state index in [1.54, 1.807) is 20.0 Å². The van der Waals surface area contributed by atoms with Crippen molar-refractivity contribution in [3.63, 3.8) is 0 Å². The van der Waals surface area contributed by atoms with E-state index < -0.39 is 5.60 Å². The zero-order valence-electron chi connectivity index (χ0n) is 17.3. The van der Waals surface area contributed by atoms with Crippen LogP contribution in [-0.2, 0) is 6.54 Å². The molecule has 0 aromatic carbocycles. The molecule has 1 unspecified atom stereocenters. The van der Waals surface area contributed by atoms with Gasteiger partial charge in [0.2, 0.25) is 5.95 Å². The molecule has 0 fully saturated rings. The summed E-state index contributed by atoms with van der Waals surface area (Å²) in [6, 6.07) is 3.77. The fourth-order valence-corrected chi connectivity index (χ4v) is 3.36. The van der Waals surface area contributed by atoms with Crippen molar-refractivity contribution in [3.8, 4) is 0 Å². The van der Waals surface area contributed by atoms with E-state index in [-0.39, 0.29) is 12.0 Å². The second-order valence-corrected chi connectivity index (χ2v) is 8.15. The molecule has 0 bridgehead atoms. The number of aliphatic imine (C=N–C) groups is 1. The Morgan fingerprint density at radius 1 is 1.25 bits per heavy atom. The maximum Gasteiger partial charge on any atom is 0.225 e. The molecule has 1 aliphatic heterocycles. The van der Waals surface area contributed by atoms with E-state index in [2.05, 4.69) is 39.4 Å². The van der Waals surface area contributed by atoms with Crippen LogP contribution in [0, 0.1) is 5.92 Å². The number of anilines is 2. The van der Waals surface area contributed by atoms with E-state index in [1.807, 2.05) is 31.5 Å². The first-order valence-electron chi connectivity index (χ1n) is 9.87. The predicted molar refractivity (Wildman–Crippen MR) is 113 cm³/mol. The van der Waals surface area contributed by atoms with Crippen molar-refractivity contribution in [1.29, 1.82) is 0 Å². The lowest BCUT2D eigenvalue weighted by molar-refractivity contribution is 0.0577. The van der Waals surface area contributed by atoms with Gasteiger partial charge in [0.25, 0.3) is 0 Å². The number of aliphatic hydroxyl groups is 1. The summed E-state index contributed by atoms with van der Waals surface area (Å²) < 4.78 is 0. The number of pyridine rings is 1. The molecule has 0 radical (unpaired) electrons. The molecule has 150 valence electrons. The van der Waals surface area contributed by atoms with E-state index in [0.29, 0.717) is 24.2 Å². The average Bonchev–Trinajstić information content (AvgIpc) is 3.08. The molecular weight excluding hydrogens is 352 g/mol. The molecule has 0 amide bonds. The van der Waals surface area contributed by atoms with Gasteiger partial charge in [-0.3, -0.25) is 9.98 Å². The van der Waals surface area contributed by atoms with Crippen molar-refractivity contribution in [1.82, 2.24) is 15.0 Å². The molecule has 3 heterocycles. The molecule has 1 aliphatic rings. The maximum absolute atomic E-state index is 10.4. The molecule has 0 saturated heterocycles. The summed E-state index contributed by atoms with van der Waals surface area (Å²) >= 11 is 0. The molecule has 0 saturated carbocycles. The highest BCUT2D eigenvalue weighted by molar-refractivity contribution is 5.85. The van der Waals surface area contributed by atoms with Crippen molar-refractivity contribution < 1.29 is 5.11 Å². The van der Waals surface area contributed by atoms with Crippen LogP contribution in [0.3, 0.4) is 0 Å². The Labute approximate surface area is 166 Å². The third kappa shape index (κ3) is 4.47. The van der Waals surface area contributed by atoms with Gasteiger partial charge < -0.3 is 15.7 Å². The fourth-order valence-electron chi connectivity index (χ4n) is 3.36. The highest BCUT2D eigenvalue weighted by Gasteiger charge is 2.30. The number of rotatable bonds is 8. The summed E-state index contributed by atoms with van der Waals surface area (Å²) in [6.45, 7) is 10.5. The first-order valence-corrected chi connectivity index (χ1v) is 9.87. The monoisotopic (exact) mass is 382 g/mol. The molecule has 3 rings (SSSR count). The fraction of sp³-hybridized carbons (Fsp3) is 0.524. The Balaban J connectivity index is 1.92. The third-order valence-corrected chi connectivity index (χ3v) is 5.06. The minimum Gasteiger partial charge on any atom is -0.388 e. The van der Waals surface area contributed by atoms with Crippen LogP contribution in [0.5, 0.6) is 0 Å². The number of hydrogen-bond donors (Lipinski definition) is 3. The van der Waals surface area contributed by atoms with Crippen molar-refractivity contribution in [2.45, 2.75) is 65.1 Å². The first kappa shape index (κ1) is 20.2. The van der Waals surface area contributed by atoms with Crippen LogP contribution in [0.1, 0.15) is 58.2 Å². The average molecular weight is 383 g/mol. The minimum absolute atomic E-state index is 0.153. The number of fused-ring (bicyclic) bond motifs is 1. The van der Waals surface area contributed by atoms with Crippen LogP contribution in [0.25, 0.3) is 0 Å². The van der Waals surface area contributed by atoms with Crippen molar-refractivity contribution >= 4 is 23.7 Å². The quantitative estimate of drug-likeness (QED) is 0.641. The van der Waals surface area contributed by atoms with Gasteiger partial charge in [-0.15, -0.1) is 0 Å². The summed E-state index contributed by atoms with van der Waals surface area (Å²) in [5.74, 6) is 1.74. The smallest absolute Gasteiger partial charge is 0.225 e. The van der Waals surface area contributed by atoms with Gasteiger partial charge in [-0.2, -0.15) is 4.98 Å². The van der Waals surface area contributed by atoms with E-state index in [0.717, 1.165) is 23.4 Å². The Morgan fingerprint density at radius 2 is 2.04 bits per heavy atom. The SMILES string of the molecule is CC[C@H](Nc1nc(NCc2cccnc2)c2c(n1)C(C(C)C)C=N2)C(C)(C)O. The highest BCUT2D eigenvalue weighted by Crippen LogP contribution is 2.40. The van der Waals surface area contributed by atoms with Gasteiger partial charge in [0.15, 0.2) is 5.82 Å². The van der Waals surface area contributed by atoms with E-state index >= 15 is 0 Å². The molecule has 0 aliphatic carbocycles. The lowest BCUT2D eigenvalue weighted by Crippen LogP contribution is -2.41. The molecular formula is C21H30N6O. The van der Waals surface area contributed by atoms with Crippen LogP contribution < -0.4 is 10.6 Å². The number of nitrogens with zero attached hydrogens (tertiary/aromatic N) is 4.